The van der Waals surface area contributed by atoms with E-state index in [2.05, 4.69) is 9.97 Å². The highest BCUT2D eigenvalue weighted by molar-refractivity contribution is 5.94. The molecule has 0 saturated carbocycles. The maximum absolute atomic E-state index is 14.5. The lowest BCUT2D eigenvalue weighted by atomic mass is 9.95. The van der Waals surface area contributed by atoms with E-state index in [4.69, 9.17) is 15.2 Å². The average molecular weight is 429 g/mol. The fraction of sp³-hybridized carbons (Fsp3) is 0.348. The number of hydrogen-bond donors (Lipinski definition) is 1. The van der Waals surface area contributed by atoms with Crippen LogP contribution < -0.4 is 10.5 Å². The second-order valence-electron chi connectivity index (χ2n) is 8.24. The zero-order valence-electron chi connectivity index (χ0n) is 17.9. The Morgan fingerprint density at radius 2 is 1.97 bits per heavy atom. The molecule has 1 aromatic carbocycles. The third kappa shape index (κ3) is 5.25. The highest BCUT2D eigenvalue weighted by Crippen LogP contribution is 2.32. The highest BCUT2D eigenvalue weighted by atomic mass is 19.1. The van der Waals surface area contributed by atoms with E-state index in [0.717, 1.165) is 6.07 Å². The van der Waals surface area contributed by atoms with Crippen molar-refractivity contribution in [2.24, 2.45) is 11.7 Å². The molecule has 3 aromatic rings. The Labute approximate surface area is 179 Å². The van der Waals surface area contributed by atoms with E-state index in [1.807, 2.05) is 13.8 Å². The molecule has 3 rings (SSSR count). The summed E-state index contributed by atoms with van der Waals surface area (Å²) in [5, 5.41) is 0.220. The fourth-order valence-electron chi connectivity index (χ4n) is 3.76. The van der Waals surface area contributed by atoms with Gasteiger partial charge in [-0.05, 0) is 43.9 Å². The van der Waals surface area contributed by atoms with E-state index in [0.29, 0.717) is 29.0 Å². The first-order chi connectivity index (χ1) is 14.6. The molecular formula is C23H25F2N3O3. The lowest BCUT2D eigenvalue weighted by Crippen LogP contribution is -2.41. The van der Waals surface area contributed by atoms with Gasteiger partial charge in [0, 0.05) is 41.0 Å². The molecule has 2 heterocycles. The summed E-state index contributed by atoms with van der Waals surface area (Å²) in [4.78, 5) is 19.7. The number of carbonyl (C=O) groups excluding carboxylic acids is 1. The molecule has 0 aliphatic heterocycles. The van der Waals surface area contributed by atoms with Crippen LogP contribution in [0.15, 0.2) is 36.7 Å². The average Bonchev–Trinajstić information content (AvgIpc) is 2.65. The van der Waals surface area contributed by atoms with Crippen molar-refractivity contribution in [3.63, 3.8) is 0 Å². The Morgan fingerprint density at radius 1 is 1.23 bits per heavy atom. The number of carbonyl (C=O) groups is 1. The van der Waals surface area contributed by atoms with Gasteiger partial charge in [-0.25, -0.2) is 18.6 Å². The van der Waals surface area contributed by atoms with Crippen molar-refractivity contribution in [2.75, 3.05) is 6.61 Å². The summed E-state index contributed by atoms with van der Waals surface area (Å²) in [5.74, 6) is -0.764. The molecule has 0 aliphatic carbocycles. The summed E-state index contributed by atoms with van der Waals surface area (Å²) >= 11 is 0. The minimum Gasteiger partial charge on any atom is -0.473 e. The van der Waals surface area contributed by atoms with Crippen LogP contribution in [-0.4, -0.2) is 28.3 Å². The molecule has 2 aromatic heterocycles. The predicted octanol–water partition coefficient (Wildman–Crippen LogP) is 5.16. The topological polar surface area (TPSA) is 87.3 Å². The van der Waals surface area contributed by atoms with Gasteiger partial charge in [-0.15, -0.1) is 0 Å². The Kier molecular flexibility index (Phi) is 6.38. The molecule has 8 heteroatoms. The molecule has 1 atom stereocenters. The number of halogens is 2. The number of aryl methyl sites for hydroxylation is 1. The Morgan fingerprint density at radius 3 is 2.61 bits per heavy atom. The number of amides is 1. The van der Waals surface area contributed by atoms with Gasteiger partial charge in [-0.1, -0.05) is 13.8 Å². The molecule has 1 unspecified atom stereocenters. The van der Waals surface area contributed by atoms with Crippen LogP contribution in [0.3, 0.4) is 0 Å². The molecular weight excluding hydrogens is 404 g/mol. The molecule has 0 saturated heterocycles. The van der Waals surface area contributed by atoms with Crippen LogP contribution in [0.4, 0.5) is 13.6 Å². The van der Waals surface area contributed by atoms with Gasteiger partial charge in [0.05, 0.1) is 5.52 Å². The summed E-state index contributed by atoms with van der Waals surface area (Å²) < 4.78 is 39.1. The monoisotopic (exact) mass is 429 g/mol. The Hall–Kier alpha value is -3.29. The fourth-order valence-corrected chi connectivity index (χ4v) is 3.76. The molecule has 0 aliphatic rings. The zero-order chi connectivity index (χ0) is 22.8. The van der Waals surface area contributed by atoms with Crippen molar-refractivity contribution in [1.29, 1.82) is 0 Å². The number of aromatic nitrogens is 2. The summed E-state index contributed by atoms with van der Waals surface area (Å²) in [6, 6.07) is 5.48. The minimum absolute atomic E-state index is 0.0768. The van der Waals surface area contributed by atoms with Crippen LogP contribution in [-0.2, 0) is 4.74 Å². The number of hydrogen-bond acceptors (Lipinski definition) is 5. The van der Waals surface area contributed by atoms with Crippen LogP contribution in [0.1, 0.15) is 32.8 Å². The van der Waals surface area contributed by atoms with Gasteiger partial charge in [0.25, 0.3) is 0 Å². The third-order valence-corrected chi connectivity index (χ3v) is 4.80. The lowest BCUT2D eigenvalue weighted by Gasteiger charge is -2.30. The van der Waals surface area contributed by atoms with E-state index in [1.165, 1.54) is 12.3 Å². The first-order valence-corrected chi connectivity index (χ1v) is 9.90. The molecule has 31 heavy (non-hydrogen) atoms. The van der Waals surface area contributed by atoms with Crippen LogP contribution in [0.2, 0.25) is 0 Å². The maximum Gasteiger partial charge on any atom is 0.405 e. The maximum atomic E-state index is 14.5. The molecule has 0 spiro atoms. The van der Waals surface area contributed by atoms with Crippen LogP contribution in [0, 0.1) is 24.5 Å². The summed E-state index contributed by atoms with van der Waals surface area (Å²) in [7, 11) is 0. The molecule has 2 N–H and O–H groups in total. The first kappa shape index (κ1) is 22.4. The summed E-state index contributed by atoms with van der Waals surface area (Å²) in [6.45, 7) is 7.65. The van der Waals surface area contributed by atoms with Gasteiger partial charge in [0.1, 0.15) is 23.8 Å². The molecule has 0 bridgehead atoms. The minimum atomic E-state index is -0.901. The molecule has 164 valence electrons. The first-order valence-electron chi connectivity index (χ1n) is 9.90. The standard InChI is InChI=1S/C23H25F2N3O3/c1-13(2)10-23(4,31-22(26)29)12-30-21-14(3)7-15(11-28-21)17-5-6-27-19-9-16(24)8-18(25)20(17)19/h5-9,11,13H,10,12H2,1-4H3,(H2,26,29). The van der Waals surface area contributed by atoms with Gasteiger partial charge < -0.3 is 15.2 Å². The second-order valence-corrected chi connectivity index (χ2v) is 8.24. The van der Waals surface area contributed by atoms with Crippen molar-refractivity contribution in [3.8, 4) is 17.0 Å². The molecule has 1 amide bonds. The van der Waals surface area contributed by atoms with Gasteiger partial charge in [0.15, 0.2) is 0 Å². The zero-order valence-corrected chi connectivity index (χ0v) is 17.9. The number of nitrogens with two attached hydrogens (primary N) is 1. The number of ether oxygens (including phenoxy) is 2. The Bertz CT molecular complexity index is 1120. The van der Waals surface area contributed by atoms with Crippen molar-refractivity contribution in [3.05, 3.63) is 53.9 Å². The van der Waals surface area contributed by atoms with Gasteiger partial charge in [0.2, 0.25) is 5.88 Å². The van der Waals surface area contributed by atoms with E-state index in [1.54, 1.807) is 32.2 Å². The number of benzene rings is 1. The summed E-state index contributed by atoms with van der Waals surface area (Å²) in [5.41, 5.74) is 6.43. The Balaban J connectivity index is 1.89. The smallest absolute Gasteiger partial charge is 0.405 e. The van der Waals surface area contributed by atoms with Crippen LogP contribution in [0.5, 0.6) is 5.88 Å². The van der Waals surface area contributed by atoms with E-state index in [9.17, 15) is 13.6 Å². The van der Waals surface area contributed by atoms with Crippen molar-refractivity contribution in [1.82, 2.24) is 9.97 Å². The SMILES string of the molecule is Cc1cc(-c2ccnc3cc(F)cc(F)c23)cnc1OCC(C)(CC(C)C)OC(N)=O. The van der Waals surface area contributed by atoms with Gasteiger partial charge in [-0.3, -0.25) is 4.98 Å². The van der Waals surface area contributed by atoms with E-state index >= 15 is 0 Å². The lowest BCUT2D eigenvalue weighted by molar-refractivity contribution is -0.0198. The van der Waals surface area contributed by atoms with Crippen molar-refractivity contribution >= 4 is 17.0 Å². The van der Waals surface area contributed by atoms with Crippen LogP contribution in [0.25, 0.3) is 22.0 Å². The summed E-state index contributed by atoms with van der Waals surface area (Å²) in [6.07, 6.45) is 2.74. The van der Waals surface area contributed by atoms with Gasteiger partial charge in [-0.2, -0.15) is 0 Å². The normalized spacial score (nSPS) is 13.3. The third-order valence-electron chi connectivity index (χ3n) is 4.80. The van der Waals surface area contributed by atoms with Crippen molar-refractivity contribution < 1.29 is 23.0 Å². The van der Waals surface area contributed by atoms with E-state index < -0.39 is 23.3 Å². The number of primary amides is 1. The number of pyridine rings is 2. The van der Waals surface area contributed by atoms with E-state index in [-0.39, 0.29) is 23.4 Å². The molecule has 6 nitrogen and oxygen atoms in total. The number of rotatable bonds is 7. The largest absolute Gasteiger partial charge is 0.473 e. The second kappa shape index (κ2) is 8.83. The number of nitrogens with zero attached hydrogens (tertiary/aromatic N) is 2. The number of fused-ring (bicyclic) bond motifs is 1. The van der Waals surface area contributed by atoms with Crippen LogP contribution >= 0.6 is 0 Å². The molecule has 0 radical (unpaired) electrons. The molecule has 0 fully saturated rings. The van der Waals surface area contributed by atoms with Gasteiger partial charge >= 0.3 is 6.09 Å². The quantitative estimate of drug-likeness (QED) is 0.560. The predicted molar refractivity (Wildman–Crippen MR) is 114 cm³/mol. The highest BCUT2D eigenvalue weighted by Gasteiger charge is 2.31. The van der Waals surface area contributed by atoms with Crippen molar-refractivity contribution in [2.45, 2.75) is 39.7 Å².